The monoisotopic (exact) mass is 280 g/mol. The van der Waals surface area contributed by atoms with Crippen molar-refractivity contribution in [1.82, 2.24) is 9.55 Å². The second kappa shape index (κ2) is 4.40. The lowest BCUT2D eigenvalue weighted by molar-refractivity contribution is -0.137. The Bertz CT molecular complexity index is 742. The van der Waals surface area contributed by atoms with Gasteiger partial charge in [-0.1, -0.05) is 0 Å². The van der Waals surface area contributed by atoms with Crippen molar-refractivity contribution in [3.8, 4) is 11.6 Å². The summed E-state index contributed by atoms with van der Waals surface area (Å²) in [4.78, 5) is 4.27. The molecule has 0 bridgehead atoms. The average molecular weight is 280 g/mol. The molecule has 0 aliphatic heterocycles. The second-order valence-corrected chi connectivity index (χ2v) is 4.36. The highest BCUT2D eigenvalue weighted by Crippen LogP contribution is 2.33. The fraction of sp³-hybridized carbons (Fsp3) is 0.214. The van der Waals surface area contributed by atoms with E-state index >= 15 is 0 Å². The van der Waals surface area contributed by atoms with Gasteiger partial charge in [0.25, 0.3) is 0 Å². The Kier molecular flexibility index (Phi) is 2.81. The fourth-order valence-electron chi connectivity index (χ4n) is 2.22. The predicted molar refractivity (Wildman–Crippen MR) is 68.1 cm³/mol. The molecule has 0 unspecified atom stereocenters. The molecule has 0 N–H and O–H groups in total. The van der Waals surface area contributed by atoms with Crippen LogP contribution in [0.2, 0.25) is 0 Å². The summed E-state index contributed by atoms with van der Waals surface area (Å²) in [6, 6.07) is 7.03. The van der Waals surface area contributed by atoms with Crippen molar-refractivity contribution in [2.24, 2.45) is 0 Å². The van der Waals surface area contributed by atoms with Crippen LogP contribution in [0.25, 0.3) is 22.6 Å². The maximum Gasteiger partial charge on any atom is 0.416 e. The first-order valence-electron chi connectivity index (χ1n) is 6.12. The van der Waals surface area contributed by atoms with Crippen LogP contribution in [-0.4, -0.2) is 9.55 Å². The van der Waals surface area contributed by atoms with Gasteiger partial charge in [0.1, 0.15) is 0 Å². The fourth-order valence-corrected chi connectivity index (χ4v) is 2.22. The largest absolute Gasteiger partial charge is 0.461 e. The second-order valence-electron chi connectivity index (χ2n) is 4.36. The number of halogens is 3. The molecule has 1 aromatic carbocycles. The molecule has 3 rings (SSSR count). The van der Waals surface area contributed by atoms with Crippen molar-refractivity contribution in [1.29, 1.82) is 0 Å². The SMILES string of the molecule is CCn1c(-c2ccco2)nc2cc(C(F)(F)F)ccc21. The van der Waals surface area contributed by atoms with Crippen molar-refractivity contribution in [3.05, 3.63) is 42.2 Å². The normalized spacial score (nSPS) is 12.2. The first-order chi connectivity index (χ1) is 9.50. The van der Waals surface area contributed by atoms with Gasteiger partial charge in [0.05, 0.1) is 22.9 Å². The molecule has 0 saturated carbocycles. The first-order valence-corrected chi connectivity index (χ1v) is 6.12. The van der Waals surface area contributed by atoms with Gasteiger partial charge in [0, 0.05) is 6.54 Å². The third-order valence-electron chi connectivity index (χ3n) is 3.13. The molecule has 3 nitrogen and oxygen atoms in total. The Labute approximate surface area is 112 Å². The number of aromatic nitrogens is 2. The number of fused-ring (bicyclic) bond motifs is 1. The Morgan fingerprint density at radius 3 is 2.65 bits per heavy atom. The van der Waals surface area contributed by atoms with Gasteiger partial charge in [-0.3, -0.25) is 0 Å². The molecule has 104 valence electrons. The summed E-state index contributed by atoms with van der Waals surface area (Å²) in [5.74, 6) is 1.07. The van der Waals surface area contributed by atoms with Crippen LogP contribution in [0.15, 0.2) is 41.0 Å². The lowest BCUT2D eigenvalue weighted by Gasteiger charge is -2.06. The Balaban J connectivity index is 2.23. The van der Waals surface area contributed by atoms with E-state index in [2.05, 4.69) is 4.98 Å². The smallest absolute Gasteiger partial charge is 0.416 e. The highest BCUT2D eigenvalue weighted by molar-refractivity contribution is 5.80. The number of hydrogen-bond donors (Lipinski definition) is 0. The highest BCUT2D eigenvalue weighted by Gasteiger charge is 2.31. The van der Waals surface area contributed by atoms with Gasteiger partial charge in [-0.25, -0.2) is 4.98 Å². The van der Waals surface area contributed by atoms with Crippen LogP contribution in [0.4, 0.5) is 13.2 Å². The van der Waals surface area contributed by atoms with E-state index in [9.17, 15) is 13.2 Å². The first kappa shape index (κ1) is 12.8. The quantitative estimate of drug-likeness (QED) is 0.699. The summed E-state index contributed by atoms with van der Waals surface area (Å²) in [6.07, 6.45) is -2.86. The predicted octanol–water partition coefficient (Wildman–Crippen LogP) is 4.34. The van der Waals surface area contributed by atoms with Crippen molar-refractivity contribution < 1.29 is 17.6 Å². The highest BCUT2D eigenvalue weighted by atomic mass is 19.4. The molecule has 0 aliphatic rings. The zero-order chi connectivity index (χ0) is 14.3. The van der Waals surface area contributed by atoms with E-state index in [0.717, 1.165) is 12.1 Å². The molecule has 2 aromatic heterocycles. The molecule has 0 atom stereocenters. The molecular formula is C14H11F3N2O. The summed E-state index contributed by atoms with van der Waals surface area (Å²) in [6.45, 7) is 2.50. The molecule has 0 fully saturated rings. The average Bonchev–Trinajstić information content (AvgIpc) is 3.03. The number of rotatable bonds is 2. The van der Waals surface area contributed by atoms with Crippen molar-refractivity contribution >= 4 is 11.0 Å². The minimum atomic E-state index is -4.37. The number of alkyl halides is 3. The van der Waals surface area contributed by atoms with E-state index < -0.39 is 11.7 Å². The number of furan rings is 1. The summed E-state index contributed by atoms with van der Waals surface area (Å²) in [5, 5.41) is 0. The lowest BCUT2D eigenvalue weighted by Crippen LogP contribution is -2.04. The zero-order valence-corrected chi connectivity index (χ0v) is 10.6. The molecule has 6 heteroatoms. The molecule has 0 amide bonds. The van der Waals surface area contributed by atoms with Gasteiger partial charge < -0.3 is 8.98 Å². The maximum atomic E-state index is 12.7. The minimum Gasteiger partial charge on any atom is -0.461 e. The number of hydrogen-bond acceptors (Lipinski definition) is 2. The van der Waals surface area contributed by atoms with Gasteiger partial charge in [-0.15, -0.1) is 0 Å². The minimum absolute atomic E-state index is 0.313. The molecule has 2 heterocycles. The Morgan fingerprint density at radius 2 is 2.05 bits per heavy atom. The summed E-state index contributed by atoms with van der Waals surface area (Å²) in [7, 11) is 0. The molecule has 0 radical (unpaired) electrons. The van der Waals surface area contributed by atoms with Crippen molar-refractivity contribution in [2.45, 2.75) is 19.6 Å². The Morgan fingerprint density at radius 1 is 1.25 bits per heavy atom. The van der Waals surface area contributed by atoms with E-state index in [-0.39, 0.29) is 0 Å². The zero-order valence-electron chi connectivity index (χ0n) is 10.6. The van der Waals surface area contributed by atoms with Crippen LogP contribution in [0.3, 0.4) is 0 Å². The molecule has 0 spiro atoms. The third-order valence-corrected chi connectivity index (χ3v) is 3.13. The van der Waals surface area contributed by atoms with Crippen LogP contribution in [0, 0.1) is 0 Å². The van der Waals surface area contributed by atoms with Crippen molar-refractivity contribution in [3.63, 3.8) is 0 Å². The van der Waals surface area contributed by atoms with Gasteiger partial charge >= 0.3 is 6.18 Å². The molecule has 0 saturated heterocycles. The molecule has 20 heavy (non-hydrogen) atoms. The lowest BCUT2D eigenvalue weighted by atomic mass is 10.2. The van der Waals surface area contributed by atoms with Crippen LogP contribution < -0.4 is 0 Å². The van der Waals surface area contributed by atoms with Crippen LogP contribution in [-0.2, 0) is 12.7 Å². The summed E-state index contributed by atoms with van der Waals surface area (Å²) >= 11 is 0. The van der Waals surface area contributed by atoms with E-state index in [1.165, 1.54) is 12.3 Å². The van der Waals surface area contributed by atoms with Gasteiger partial charge in [-0.2, -0.15) is 13.2 Å². The van der Waals surface area contributed by atoms with E-state index in [4.69, 9.17) is 4.42 Å². The summed E-state index contributed by atoms with van der Waals surface area (Å²) in [5.41, 5.74) is 0.275. The summed E-state index contributed by atoms with van der Waals surface area (Å²) < 4.78 is 45.3. The van der Waals surface area contributed by atoms with E-state index in [1.54, 1.807) is 12.1 Å². The number of benzene rings is 1. The van der Waals surface area contributed by atoms with Crippen LogP contribution >= 0.6 is 0 Å². The van der Waals surface area contributed by atoms with E-state index in [0.29, 0.717) is 29.2 Å². The van der Waals surface area contributed by atoms with Gasteiger partial charge in [-0.05, 0) is 37.3 Å². The maximum absolute atomic E-state index is 12.7. The number of aryl methyl sites for hydroxylation is 1. The van der Waals surface area contributed by atoms with Crippen LogP contribution in [0.1, 0.15) is 12.5 Å². The molecule has 0 aliphatic carbocycles. The third kappa shape index (κ3) is 1.97. The number of nitrogens with zero attached hydrogens (tertiary/aromatic N) is 2. The standard InChI is InChI=1S/C14H11F3N2O/c1-2-19-11-6-5-9(14(15,16)17)8-10(11)18-13(19)12-4-3-7-20-12/h3-8H,2H2,1H3. The van der Waals surface area contributed by atoms with Crippen molar-refractivity contribution in [2.75, 3.05) is 0 Å². The molecule has 3 aromatic rings. The van der Waals surface area contributed by atoms with Crippen LogP contribution in [0.5, 0.6) is 0 Å². The van der Waals surface area contributed by atoms with Gasteiger partial charge in [0.2, 0.25) is 0 Å². The van der Waals surface area contributed by atoms with E-state index in [1.807, 2.05) is 11.5 Å². The topological polar surface area (TPSA) is 31.0 Å². The van der Waals surface area contributed by atoms with Gasteiger partial charge in [0.15, 0.2) is 11.6 Å². The molecular weight excluding hydrogens is 269 g/mol. The Hall–Kier alpha value is -2.24. The number of imidazole rings is 1.